The van der Waals surface area contributed by atoms with Crippen molar-refractivity contribution in [1.82, 2.24) is 4.98 Å². The Hall–Kier alpha value is -3.66. The highest BCUT2D eigenvalue weighted by Crippen LogP contribution is 2.31. The van der Waals surface area contributed by atoms with Gasteiger partial charge in [-0.15, -0.1) is 0 Å². The number of aromatic nitrogens is 1. The third kappa shape index (κ3) is 3.86. The summed E-state index contributed by atoms with van der Waals surface area (Å²) in [5, 5.41) is 0.880. The summed E-state index contributed by atoms with van der Waals surface area (Å²) in [4.78, 5) is 16.7. The number of benzene rings is 3. The van der Waals surface area contributed by atoms with E-state index in [-0.39, 0.29) is 5.78 Å². The van der Waals surface area contributed by atoms with Crippen molar-refractivity contribution in [3.8, 4) is 17.2 Å². The second-order valence-electron chi connectivity index (χ2n) is 6.40. The summed E-state index contributed by atoms with van der Waals surface area (Å²) < 4.78 is 11.4. The maximum atomic E-state index is 12.3. The van der Waals surface area contributed by atoms with Crippen molar-refractivity contribution in [2.45, 2.75) is 6.42 Å². The maximum absolute atomic E-state index is 12.3. The van der Waals surface area contributed by atoms with Gasteiger partial charge in [-0.3, -0.25) is 9.78 Å². The first kappa shape index (κ1) is 17.7. The van der Waals surface area contributed by atoms with E-state index < -0.39 is 0 Å². The van der Waals surface area contributed by atoms with Crippen LogP contribution in [0.25, 0.3) is 10.9 Å². The largest absolute Gasteiger partial charge is 0.497 e. The van der Waals surface area contributed by atoms with Crippen LogP contribution in [0.1, 0.15) is 15.9 Å². The molecule has 138 valence electrons. The number of carbonyl (C=O) groups excluding carboxylic acids is 1. The monoisotopic (exact) mass is 369 g/mol. The first-order valence-electron chi connectivity index (χ1n) is 9.01. The Kier molecular flexibility index (Phi) is 5.02. The SMILES string of the molecule is COc1ccc2nccc(Oc3ccc(CC(=O)c4ccccc4)cc3)c2c1. The molecule has 28 heavy (non-hydrogen) atoms. The van der Waals surface area contributed by atoms with Crippen molar-refractivity contribution in [2.24, 2.45) is 0 Å². The van der Waals surface area contributed by atoms with Gasteiger partial charge in [0.05, 0.1) is 12.6 Å². The first-order chi connectivity index (χ1) is 13.7. The quantitative estimate of drug-likeness (QED) is 0.423. The van der Waals surface area contributed by atoms with E-state index >= 15 is 0 Å². The minimum Gasteiger partial charge on any atom is -0.497 e. The van der Waals surface area contributed by atoms with E-state index in [2.05, 4.69) is 4.98 Å². The zero-order valence-electron chi connectivity index (χ0n) is 15.5. The molecule has 0 unspecified atom stereocenters. The molecule has 4 heteroatoms. The molecule has 0 fully saturated rings. The van der Waals surface area contributed by atoms with E-state index in [4.69, 9.17) is 9.47 Å². The van der Waals surface area contributed by atoms with Crippen LogP contribution in [0.3, 0.4) is 0 Å². The second kappa shape index (κ2) is 7.92. The summed E-state index contributed by atoms with van der Waals surface area (Å²) in [6, 6.07) is 24.4. The molecule has 0 amide bonds. The second-order valence-corrected chi connectivity index (χ2v) is 6.40. The molecule has 4 rings (SSSR count). The fourth-order valence-corrected chi connectivity index (χ4v) is 3.03. The Bertz CT molecular complexity index is 1110. The summed E-state index contributed by atoms with van der Waals surface area (Å²) in [5.74, 6) is 2.25. The van der Waals surface area contributed by atoms with Crippen LogP contribution in [0.15, 0.2) is 85.1 Å². The van der Waals surface area contributed by atoms with E-state index in [1.54, 1.807) is 13.3 Å². The Balaban J connectivity index is 1.52. The van der Waals surface area contributed by atoms with Crippen LogP contribution < -0.4 is 9.47 Å². The van der Waals surface area contributed by atoms with Gasteiger partial charge in [0.25, 0.3) is 0 Å². The molecule has 0 aliphatic carbocycles. The van der Waals surface area contributed by atoms with Gasteiger partial charge in [-0.25, -0.2) is 0 Å². The lowest BCUT2D eigenvalue weighted by Crippen LogP contribution is -2.03. The minimum absolute atomic E-state index is 0.0986. The number of hydrogen-bond acceptors (Lipinski definition) is 4. The number of ether oxygens (including phenoxy) is 2. The fourth-order valence-electron chi connectivity index (χ4n) is 3.03. The molecule has 4 nitrogen and oxygen atoms in total. The van der Waals surface area contributed by atoms with Gasteiger partial charge >= 0.3 is 0 Å². The fraction of sp³-hybridized carbons (Fsp3) is 0.0833. The maximum Gasteiger partial charge on any atom is 0.167 e. The number of methoxy groups -OCH3 is 1. The number of pyridine rings is 1. The molecule has 0 saturated carbocycles. The average molecular weight is 369 g/mol. The lowest BCUT2D eigenvalue weighted by Gasteiger charge is -2.10. The molecule has 0 aliphatic heterocycles. The van der Waals surface area contributed by atoms with E-state index in [0.29, 0.717) is 17.9 Å². The van der Waals surface area contributed by atoms with Gasteiger partial charge < -0.3 is 9.47 Å². The van der Waals surface area contributed by atoms with Crippen LogP contribution in [-0.4, -0.2) is 17.9 Å². The highest BCUT2D eigenvalue weighted by Gasteiger charge is 2.09. The van der Waals surface area contributed by atoms with Gasteiger partial charge in [0.2, 0.25) is 0 Å². The van der Waals surface area contributed by atoms with E-state index in [1.165, 1.54) is 0 Å². The van der Waals surface area contributed by atoms with E-state index in [9.17, 15) is 4.79 Å². The first-order valence-corrected chi connectivity index (χ1v) is 9.01. The third-order valence-corrected chi connectivity index (χ3v) is 4.52. The van der Waals surface area contributed by atoms with Crippen molar-refractivity contribution >= 4 is 16.7 Å². The van der Waals surface area contributed by atoms with Gasteiger partial charge in [0.15, 0.2) is 5.78 Å². The number of ketones is 1. The highest BCUT2D eigenvalue weighted by atomic mass is 16.5. The molecule has 1 heterocycles. The van der Waals surface area contributed by atoms with Gasteiger partial charge in [0, 0.05) is 23.6 Å². The summed E-state index contributed by atoms with van der Waals surface area (Å²) in [7, 11) is 1.63. The summed E-state index contributed by atoms with van der Waals surface area (Å²) >= 11 is 0. The van der Waals surface area contributed by atoms with Crippen LogP contribution in [0.4, 0.5) is 0 Å². The molecular weight excluding hydrogens is 350 g/mol. The lowest BCUT2D eigenvalue weighted by atomic mass is 10.0. The number of hydrogen-bond donors (Lipinski definition) is 0. The van der Waals surface area contributed by atoms with Crippen LogP contribution in [0, 0.1) is 0 Å². The smallest absolute Gasteiger partial charge is 0.167 e. The lowest BCUT2D eigenvalue weighted by molar-refractivity contribution is 0.0993. The van der Waals surface area contributed by atoms with Gasteiger partial charge in [0.1, 0.15) is 17.2 Å². The van der Waals surface area contributed by atoms with Crippen LogP contribution in [0.2, 0.25) is 0 Å². The Morgan fingerprint density at radius 1 is 0.893 bits per heavy atom. The van der Waals surface area contributed by atoms with Crippen molar-refractivity contribution in [3.05, 3.63) is 96.2 Å². The summed E-state index contributed by atoms with van der Waals surface area (Å²) in [5.41, 5.74) is 2.51. The van der Waals surface area contributed by atoms with Crippen molar-refractivity contribution in [2.75, 3.05) is 7.11 Å². The molecule has 4 aromatic rings. The van der Waals surface area contributed by atoms with Crippen LogP contribution in [-0.2, 0) is 6.42 Å². The normalized spacial score (nSPS) is 10.6. The standard InChI is InChI=1S/C24H19NO3/c1-27-20-11-12-22-21(16-20)24(13-14-25-22)28-19-9-7-17(8-10-19)15-23(26)18-5-3-2-4-6-18/h2-14,16H,15H2,1H3. The summed E-state index contributed by atoms with van der Waals surface area (Å²) in [6.07, 6.45) is 2.08. The number of fused-ring (bicyclic) bond motifs is 1. The number of carbonyl (C=O) groups is 1. The van der Waals surface area contributed by atoms with Crippen molar-refractivity contribution in [3.63, 3.8) is 0 Å². The van der Waals surface area contributed by atoms with E-state index in [0.717, 1.165) is 27.8 Å². The van der Waals surface area contributed by atoms with Gasteiger partial charge in [-0.05, 0) is 42.0 Å². The molecule has 1 aromatic heterocycles. The number of nitrogens with zero attached hydrogens (tertiary/aromatic N) is 1. The minimum atomic E-state index is 0.0986. The molecule has 0 atom stereocenters. The molecule has 3 aromatic carbocycles. The number of Topliss-reactive ketones (excluding diaryl/α,β-unsaturated/α-hetero) is 1. The average Bonchev–Trinajstić information content (AvgIpc) is 2.75. The Labute approximate surface area is 163 Å². The molecule has 0 spiro atoms. The predicted octanol–water partition coefficient (Wildman–Crippen LogP) is 5.46. The third-order valence-electron chi connectivity index (χ3n) is 4.52. The van der Waals surface area contributed by atoms with Gasteiger partial charge in [-0.1, -0.05) is 42.5 Å². The molecule has 0 radical (unpaired) electrons. The van der Waals surface area contributed by atoms with Gasteiger partial charge in [-0.2, -0.15) is 0 Å². The summed E-state index contributed by atoms with van der Waals surface area (Å²) in [6.45, 7) is 0. The molecule has 0 bridgehead atoms. The molecule has 0 N–H and O–H groups in total. The van der Waals surface area contributed by atoms with Crippen LogP contribution >= 0.6 is 0 Å². The molecule has 0 saturated heterocycles. The zero-order chi connectivity index (χ0) is 19.3. The Morgan fingerprint density at radius 3 is 2.39 bits per heavy atom. The topological polar surface area (TPSA) is 48.4 Å². The number of rotatable bonds is 6. The zero-order valence-corrected chi connectivity index (χ0v) is 15.5. The van der Waals surface area contributed by atoms with Crippen molar-refractivity contribution < 1.29 is 14.3 Å². The molecule has 0 aliphatic rings. The van der Waals surface area contributed by atoms with Crippen LogP contribution in [0.5, 0.6) is 17.2 Å². The van der Waals surface area contributed by atoms with Crippen molar-refractivity contribution in [1.29, 1.82) is 0 Å². The molecular formula is C24H19NO3. The Morgan fingerprint density at radius 2 is 1.64 bits per heavy atom. The predicted molar refractivity (Wildman–Crippen MR) is 109 cm³/mol. The highest BCUT2D eigenvalue weighted by molar-refractivity contribution is 5.97. The van der Waals surface area contributed by atoms with E-state index in [1.807, 2.05) is 78.9 Å².